The minimum absolute atomic E-state index is 0.115. The van der Waals surface area contributed by atoms with Crippen LogP contribution in [0.3, 0.4) is 0 Å². The molecule has 2 fully saturated rings. The standard InChI is InChI=1S/C23H36N6O5S/c1-2-34-22-19(11-7-14-29(22)23(24)25)26-20(30)16-28-13-6-10-18(21(28)31)27-35(32,33)15-12-17-8-4-3-5-9-17/h3-5,8-9,18-19,22,27H,2,6-7,10-16H2,1H3,(H3,24,25)(H,26,30)/t18?,19-,22?/m0/s1. The Bertz CT molecular complexity index is 989. The Morgan fingerprint density at radius 3 is 2.60 bits per heavy atom. The Kier molecular flexibility index (Phi) is 9.47. The molecule has 5 N–H and O–H groups in total. The van der Waals surface area contributed by atoms with Crippen LogP contribution in [0.25, 0.3) is 0 Å². The molecule has 194 valence electrons. The molecule has 2 saturated heterocycles. The SMILES string of the molecule is CCOC1[C@@H](NC(=O)CN2CCCC(NS(=O)(=O)CCc3ccccc3)C2=O)CCCN1C(=N)N. The van der Waals surface area contributed by atoms with Gasteiger partial charge in [0.05, 0.1) is 18.3 Å². The molecule has 1 aromatic rings. The summed E-state index contributed by atoms with van der Waals surface area (Å²) in [7, 11) is -3.67. The lowest BCUT2D eigenvalue weighted by atomic mass is 10.0. The number of aryl methyl sites for hydroxylation is 1. The summed E-state index contributed by atoms with van der Waals surface area (Å²) in [6.45, 7) is 3.02. The van der Waals surface area contributed by atoms with Gasteiger partial charge in [-0.2, -0.15) is 0 Å². The largest absolute Gasteiger partial charge is 0.370 e. The number of guanidine groups is 1. The van der Waals surface area contributed by atoms with Gasteiger partial charge in [0.2, 0.25) is 21.8 Å². The molecule has 0 radical (unpaired) electrons. The second-order valence-corrected chi connectivity index (χ2v) is 10.7. The normalized spacial score (nSPS) is 23.2. The number of sulfonamides is 1. The van der Waals surface area contributed by atoms with Crippen LogP contribution >= 0.6 is 0 Å². The van der Waals surface area contributed by atoms with E-state index >= 15 is 0 Å². The zero-order chi connectivity index (χ0) is 25.4. The van der Waals surface area contributed by atoms with Crippen LogP contribution in [0.4, 0.5) is 0 Å². The minimum Gasteiger partial charge on any atom is -0.370 e. The van der Waals surface area contributed by atoms with Gasteiger partial charge in [-0.05, 0) is 44.6 Å². The molecule has 0 aliphatic carbocycles. The first-order valence-electron chi connectivity index (χ1n) is 12.0. The van der Waals surface area contributed by atoms with Gasteiger partial charge in [0, 0.05) is 19.7 Å². The highest BCUT2D eigenvalue weighted by atomic mass is 32.2. The quantitative estimate of drug-likeness (QED) is 0.255. The Labute approximate surface area is 206 Å². The molecule has 3 rings (SSSR count). The van der Waals surface area contributed by atoms with Crippen LogP contribution in [-0.4, -0.2) is 86.3 Å². The number of rotatable bonds is 10. The molecular weight excluding hydrogens is 472 g/mol. The number of piperidine rings is 2. The van der Waals surface area contributed by atoms with E-state index in [1.54, 1.807) is 4.90 Å². The molecule has 0 saturated carbocycles. The third kappa shape index (κ3) is 7.64. The van der Waals surface area contributed by atoms with E-state index in [-0.39, 0.29) is 30.2 Å². The van der Waals surface area contributed by atoms with E-state index < -0.39 is 28.2 Å². The van der Waals surface area contributed by atoms with Gasteiger partial charge in [-0.25, -0.2) is 13.1 Å². The molecule has 12 heteroatoms. The average Bonchev–Trinajstić information content (AvgIpc) is 2.82. The molecule has 2 aliphatic heterocycles. The Balaban J connectivity index is 1.55. The number of hydrogen-bond acceptors (Lipinski definition) is 6. The fourth-order valence-electron chi connectivity index (χ4n) is 4.55. The molecule has 2 unspecified atom stereocenters. The summed E-state index contributed by atoms with van der Waals surface area (Å²) in [5.74, 6) is -0.985. The van der Waals surface area contributed by atoms with E-state index in [1.807, 2.05) is 37.3 Å². The maximum Gasteiger partial charge on any atom is 0.241 e. The van der Waals surface area contributed by atoms with Crippen LogP contribution in [-0.2, 0) is 30.8 Å². The van der Waals surface area contributed by atoms with Gasteiger partial charge >= 0.3 is 0 Å². The van der Waals surface area contributed by atoms with Gasteiger partial charge < -0.3 is 25.6 Å². The summed E-state index contributed by atoms with van der Waals surface area (Å²) in [6, 6.07) is 8.05. The van der Waals surface area contributed by atoms with Crippen molar-refractivity contribution in [2.24, 2.45) is 5.73 Å². The number of benzene rings is 1. The maximum absolute atomic E-state index is 13.0. The topological polar surface area (TPSA) is 158 Å². The highest BCUT2D eigenvalue weighted by Crippen LogP contribution is 2.19. The molecule has 11 nitrogen and oxygen atoms in total. The fraction of sp³-hybridized carbons (Fsp3) is 0.609. The van der Waals surface area contributed by atoms with Crippen molar-refractivity contribution in [3.8, 4) is 0 Å². The molecule has 0 aromatic heterocycles. The van der Waals surface area contributed by atoms with Crippen LogP contribution in [0.15, 0.2) is 30.3 Å². The number of nitrogens with one attached hydrogen (secondary N) is 3. The van der Waals surface area contributed by atoms with Gasteiger partial charge in [-0.3, -0.25) is 15.0 Å². The number of carbonyl (C=O) groups excluding carboxylic acids is 2. The van der Waals surface area contributed by atoms with Crippen molar-refractivity contribution < 1.29 is 22.7 Å². The van der Waals surface area contributed by atoms with Crippen molar-refractivity contribution in [3.63, 3.8) is 0 Å². The smallest absolute Gasteiger partial charge is 0.241 e. The fourth-order valence-corrected chi connectivity index (χ4v) is 5.83. The van der Waals surface area contributed by atoms with Gasteiger partial charge in [0.25, 0.3) is 0 Å². The van der Waals surface area contributed by atoms with Crippen molar-refractivity contribution in [3.05, 3.63) is 35.9 Å². The second kappa shape index (κ2) is 12.3. The van der Waals surface area contributed by atoms with Crippen LogP contribution < -0.4 is 15.8 Å². The molecule has 1 aromatic carbocycles. The van der Waals surface area contributed by atoms with Gasteiger partial charge in [0.15, 0.2) is 12.2 Å². The van der Waals surface area contributed by atoms with E-state index in [4.69, 9.17) is 15.9 Å². The van der Waals surface area contributed by atoms with Crippen LogP contribution in [0, 0.1) is 5.41 Å². The number of ether oxygens (including phenoxy) is 1. The molecule has 2 amide bonds. The molecule has 0 spiro atoms. The first-order chi connectivity index (χ1) is 16.7. The van der Waals surface area contributed by atoms with Gasteiger partial charge in [-0.1, -0.05) is 30.3 Å². The van der Waals surface area contributed by atoms with Crippen LogP contribution in [0.1, 0.15) is 38.2 Å². The summed E-state index contributed by atoms with van der Waals surface area (Å²) in [4.78, 5) is 28.8. The highest BCUT2D eigenvalue weighted by Gasteiger charge is 2.36. The monoisotopic (exact) mass is 508 g/mol. The second-order valence-electron chi connectivity index (χ2n) is 8.87. The zero-order valence-corrected chi connectivity index (χ0v) is 20.9. The lowest BCUT2D eigenvalue weighted by Gasteiger charge is -2.41. The third-order valence-electron chi connectivity index (χ3n) is 6.25. The predicted octanol–water partition coefficient (Wildman–Crippen LogP) is -0.0238. The lowest BCUT2D eigenvalue weighted by molar-refractivity contribution is -0.140. The van der Waals surface area contributed by atoms with Gasteiger partial charge in [-0.15, -0.1) is 0 Å². The van der Waals surface area contributed by atoms with Crippen molar-refractivity contribution in [1.82, 2.24) is 19.8 Å². The van der Waals surface area contributed by atoms with Crippen molar-refractivity contribution in [2.45, 2.75) is 57.3 Å². The van der Waals surface area contributed by atoms with Crippen molar-refractivity contribution in [1.29, 1.82) is 5.41 Å². The Morgan fingerprint density at radius 2 is 1.91 bits per heavy atom. The maximum atomic E-state index is 13.0. The number of nitrogens with zero attached hydrogens (tertiary/aromatic N) is 2. The molecule has 2 aliphatic rings. The first-order valence-corrected chi connectivity index (χ1v) is 13.7. The van der Waals surface area contributed by atoms with E-state index in [0.717, 1.165) is 12.0 Å². The van der Waals surface area contributed by atoms with E-state index in [9.17, 15) is 18.0 Å². The third-order valence-corrected chi connectivity index (χ3v) is 7.63. The first kappa shape index (κ1) is 26.9. The number of carbonyl (C=O) groups is 2. The minimum atomic E-state index is -3.67. The summed E-state index contributed by atoms with van der Waals surface area (Å²) >= 11 is 0. The predicted molar refractivity (Wildman–Crippen MR) is 132 cm³/mol. The van der Waals surface area contributed by atoms with E-state index in [1.165, 1.54) is 4.90 Å². The van der Waals surface area contributed by atoms with Crippen LogP contribution in [0.5, 0.6) is 0 Å². The van der Waals surface area contributed by atoms with Crippen molar-refractivity contribution >= 4 is 27.8 Å². The Morgan fingerprint density at radius 1 is 1.20 bits per heavy atom. The molecule has 3 atom stereocenters. The average molecular weight is 509 g/mol. The lowest BCUT2D eigenvalue weighted by Crippen LogP contribution is -2.61. The van der Waals surface area contributed by atoms with E-state index in [0.29, 0.717) is 45.4 Å². The molecular formula is C23H36N6O5S. The summed E-state index contributed by atoms with van der Waals surface area (Å²) in [6.07, 6.45) is 2.19. The molecule has 2 heterocycles. The number of nitrogens with two attached hydrogens (primary N) is 1. The van der Waals surface area contributed by atoms with Crippen LogP contribution in [0.2, 0.25) is 0 Å². The number of amides is 2. The van der Waals surface area contributed by atoms with E-state index in [2.05, 4.69) is 10.0 Å². The van der Waals surface area contributed by atoms with Gasteiger partial charge in [0.1, 0.15) is 6.04 Å². The Hall–Kier alpha value is -2.70. The van der Waals surface area contributed by atoms with Crippen molar-refractivity contribution in [2.75, 3.05) is 32.0 Å². The molecule has 35 heavy (non-hydrogen) atoms. The zero-order valence-electron chi connectivity index (χ0n) is 20.1. The molecule has 0 bridgehead atoms. The number of hydrogen-bond donors (Lipinski definition) is 4. The summed E-state index contributed by atoms with van der Waals surface area (Å²) in [5, 5.41) is 10.7. The summed E-state index contributed by atoms with van der Waals surface area (Å²) < 4.78 is 33.4. The summed E-state index contributed by atoms with van der Waals surface area (Å²) in [5.41, 5.74) is 6.58. The highest BCUT2D eigenvalue weighted by molar-refractivity contribution is 7.89. The number of likely N-dealkylation sites (tertiary alicyclic amines) is 2.